The molecule has 3 rings (SSSR count). The van der Waals surface area contributed by atoms with Gasteiger partial charge in [0.05, 0.1) is 5.69 Å². The SMILES string of the molecule is Cc1cc(Nc2cc(C3CC3)nc(NC(C)C)n2)ccc1F. The van der Waals surface area contributed by atoms with Gasteiger partial charge in [0.2, 0.25) is 5.95 Å². The second-order valence-electron chi connectivity index (χ2n) is 6.16. The fourth-order valence-corrected chi connectivity index (χ4v) is 2.31. The van der Waals surface area contributed by atoms with Gasteiger partial charge in [-0.25, -0.2) is 9.37 Å². The van der Waals surface area contributed by atoms with Crippen LogP contribution < -0.4 is 10.6 Å². The summed E-state index contributed by atoms with van der Waals surface area (Å²) in [5.41, 5.74) is 2.51. The van der Waals surface area contributed by atoms with Crippen molar-refractivity contribution in [1.29, 1.82) is 0 Å². The highest BCUT2D eigenvalue weighted by atomic mass is 19.1. The molecule has 0 amide bonds. The van der Waals surface area contributed by atoms with E-state index >= 15 is 0 Å². The van der Waals surface area contributed by atoms with E-state index in [0.717, 1.165) is 17.2 Å². The van der Waals surface area contributed by atoms with Gasteiger partial charge >= 0.3 is 0 Å². The van der Waals surface area contributed by atoms with E-state index in [1.165, 1.54) is 18.9 Å². The number of nitrogens with one attached hydrogen (secondary N) is 2. The zero-order chi connectivity index (χ0) is 15.7. The Hall–Kier alpha value is -2.17. The molecule has 2 aromatic rings. The Labute approximate surface area is 130 Å². The molecule has 0 atom stereocenters. The van der Waals surface area contributed by atoms with Gasteiger partial charge < -0.3 is 10.6 Å². The fourth-order valence-electron chi connectivity index (χ4n) is 2.31. The molecule has 1 saturated carbocycles. The number of aryl methyl sites for hydroxylation is 1. The highest BCUT2D eigenvalue weighted by Gasteiger charge is 2.26. The van der Waals surface area contributed by atoms with Crippen molar-refractivity contribution in [3.05, 3.63) is 41.3 Å². The van der Waals surface area contributed by atoms with Crippen LogP contribution in [0.1, 0.15) is 43.9 Å². The summed E-state index contributed by atoms with van der Waals surface area (Å²) in [7, 11) is 0. The van der Waals surface area contributed by atoms with E-state index in [2.05, 4.69) is 34.4 Å². The first kappa shape index (κ1) is 14.8. The van der Waals surface area contributed by atoms with Crippen molar-refractivity contribution in [3.8, 4) is 0 Å². The molecule has 1 heterocycles. The average molecular weight is 300 g/mol. The fraction of sp³-hybridized carbons (Fsp3) is 0.412. The molecule has 1 fully saturated rings. The zero-order valence-corrected chi connectivity index (χ0v) is 13.2. The molecule has 0 radical (unpaired) electrons. The van der Waals surface area contributed by atoms with Gasteiger partial charge in [-0.3, -0.25) is 0 Å². The number of anilines is 3. The number of rotatable bonds is 5. The zero-order valence-electron chi connectivity index (χ0n) is 13.2. The molecule has 22 heavy (non-hydrogen) atoms. The summed E-state index contributed by atoms with van der Waals surface area (Å²) in [6, 6.07) is 7.23. The van der Waals surface area contributed by atoms with E-state index in [4.69, 9.17) is 0 Å². The Balaban J connectivity index is 1.87. The molecule has 4 nitrogen and oxygen atoms in total. The van der Waals surface area contributed by atoms with Crippen LogP contribution in [0.5, 0.6) is 0 Å². The van der Waals surface area contributed by atoms with Crippen LogP contribution in [0.25, 0.3) is 0 Å². The lowest BCUT2D eigenvalue weighted by atomic mass is 10.2. The largest absolute Gasteiger partial charge is 0.352 e. The van der Waals surface area contributed by atoms with Crippen LogP contribution in [0.15, 0.2) is 24.3 Å². The minimum Gasteiger partial charge on any atom is -0.352 e. The minimum atomic E-state index is -0.200. The first-order valence-electron chi connectivity index (χ1n) is 7.70. The Morgan fingerprint density at radius 2 is 1.95 bits per heavy atom. The molecule has 1 aromatic carbocycles. The average Bonchev–Trinajstić information content (AvgIpc) is 3.26. The Morgan fingerprint density at radius 3 is 2.59 bits per heavy atom. The molecule has 0 bridgehead atoms. The molecule has 116 valence electrons. The van der Waals surface area contributed by atoms with Crippen LogP contribution in [0.4, 0.5) is 21.8 Å². The number of aromatic nitrogens is 2. The quantitative estimate of drug-likeness (QED) is 0.861. The second kappa shape index (κ2) is 5.91. The normalized spacial score (nSPS) is 14.2. The standard InChI is InChI=1S/C17H21FN4/c1-10(2)19-17-21-15(12-4-5-12)9-16(22-17)20-13-6-7-14(18)11(3)8-13/h6-10,12H,4-5H2,1-3H3,(H2,19,20,21,22). The lowest BCUT2D eigenvalue weighted by Crippen LogP contribution is -2.14. The summed E-state index contributed by atoms with van der Waals surface area (Å²) in [4.78, 5) is 9.09. The van der Waals surface area contributed by atoms with Gasteiger partial charge in [-0.2, -0.15) is 4.98 Å². The van der Waals surface area contributed by atoms with E-state index in [1.54, 1.807) is 19.1 Å². The molecule has 5 heteroatoms. The molecule has 0 unspecified atom stereocenters. The maximum atomic E-state index is 13.4. The lowest BCUT2D eigenvalue weighted by Gasteiger charge is -2.13. The number of hydrogen-bond donors (Lipinski definition) is 2. The predicted molar refractivity (Wildman–Crippen MR) is 87.2 cm³/mol. The third-order valence-corrected chi connectivity index (χ3v) is 3.59. The summed E-state index contributed by atoms with van der Waals surface area (Å²) in [6.07, 6.45) is 2.38. The summed E-state index contributed by atoms with van der Waals surface area (Å²) in [5.74, 6) is 1.73. The van der Waals surface area contributed by atoms with Gasteiger partial charge in [0.1, 0.15) is 11.6 Å². The van der Waals surface area contributed by atoms with Crippen molar-refractivity contribution in [3.63, 3.8) is 0 Å². The van der Waals surface area contributed by atoms with Crippen molar-refractivity contribution in [1.82, 2.24) is 9.97 Å². The third-order valence-electron chi connectivity index (χ3n) is 3.59. The van der Waals surface area contributed by atoms with Crippen LogP contribution in [-0.4, -0.2) is 16.0 Å². The van der Waals surface area contributed by atoms with Gasteiger partial charge in [-0.15, -0.1) is 0 Å². The van der Waals surface area contributed by atoms with Gasteiger partial charge in [0.25, 0.3) is 0 Å². The van der Waals surface area contributed by atoms with Crippen molar-refractivity contribution < 1.29 is 4.39 Å². The highest BCUT2D eigenvalue weighted by Crippen LogP contribution is 2.40. The van der Waals surface area contributed by atoms with E-state index in [-0.39, 0.29) is 11.9 Å². The van der Waals surface area contributed by atoms with Crippen molar-refractivity contribution in [2.24, 2.45) is 0 Å². The molecule has 1 aromatic heterocycles. The summed E-state index contributed by atoms with van der Waals surface area (Å²) < 4.78 is 13.4. The Morgan fingerprint density at radius 1 is 1.18 bits per heavy atom. The lowest BCUT2D eigenvalue weighted by molar-refractivity contribution is 0.619. The van der Waals surface area contributed by atoms with E-state index < -0.39 is 0 Å². The van der Waals surface area contributed by atoms with Crippen molar-refractivity contribution in [2.75, 3.05) is 10.6 Å². The topological polar surface area (TPSA) is 49.8 Å². The van der Waals surface area contributed by atoms with Gasteiger partial charge in [0.15, 0.2) is 0 Å². The summed E-state index contributed by atoms with van der Waals surface area (Å²) in [5, 5.41) is 6.50. The van der Waals surface area contributed by atoms with Crippen LogP contribution in [0.2, 0.25) is 0 Å². The van der Waals surface area contributed by atoms with Crippen molar-refractivity contribution in [2.45, 2.75) is 45.6 Å². The number of benzene rings is 1. The summed E-state index contributed by atoms with van der Waals surface area (Å²) in [6.45, 7) is 5.87. The van der Waals surface area contributed by atoms with Crippen LogP contribution in [-0.2, 0) is 0 Å². The number of hydrogen-bond acceptors (Lipinski definition) is 4. The maximum Gasteiger partial charge on any atom is 0.225 e. The Bertz CT molecular complexity index is 680. The van der Waals surface area contributed by atoms with Crippen LogP contribution in [0, 0.1) is 12.7 Å². The Kier molecular flexibility index (Phi) is 3.96. The number of nitrogens with zero attached hydrogens (tertiary/aromatic N) is 2. The monoisotopic (exact) mass is 300 g/mol. The van der Waals surface area contributed by atoms with Crippen LogP contribution >= 0.6 is 0 Å². The van der Waals surface area contributed by atoms with E-state index in [0.29, 0.717) is 17.4 Å². The van der Waals surface area contributed by atoms with Crippen LogP contribution in [0.3, 0.4) is 0 Å². The summed E-state index contributed by atoms with van der Waals surface area (Å²) >= 11 is 0. The highest BCUT2D eigenvalue weighted by molar-refractivity contribution is 5.59. The molecule has 0 spiro atoms. The minimum absolute atomic E-state index is 0.200. The first-order valence-corrected chi connectivity index (χ1v) is 7.70. The number of halogens is 1. The predicted octanol–water partition coefficient (Wildman–Crippen LogP) is 4.37. The molecule has 1 aliphatic rings. The molecule has 0 saturated heterocycles. The van der Waals surface area contributed by atoms with Gasteiger partial charge in [-0.05, 0) is 57.4 Å². The smallest absolute Gasteiger partial charge is 0.225 e. The molecule has 2 N–H and O–H groups in total. The molecule has 1 aliphatic carbocycles. The molecular weight excluding hydrogens is 279 g/mol. The van der Waals surface area contributed by atoms with E-state index in [9.17, 15) is 4.39 Å². The maximum absolute atomic E-state index is 13.4. The molecule has 0 aliphatic heterocycles. The van der Waals surface area contributed by atoms with Gasteiger partial charge in [0, 0.05) is 23.7 Å². The second-order valence-corrected chi connectivity index (χ2v) is 6.16. The van der Waals surface area contributed by atoms with Gasteiger partial charge in [-0.1, -0.05) is 0 Å². The third kappa shape index (κ3) is 3.53. The van der Waals surface area contributed by atoms with Crippen molar-refractivity contribution >= 4 is 17.5 Å². The van der Waals surface area contributed by atoms with E-state index in [1.807, 2.05) is 6.07 Å². The first-order chi connectivity index (χ1) is 10.5. The molecular formula is C17H21FN4.